The summed E-state index contributed by atoms with van der Waals surface area (Å²) in [4.78, 5) is 0. The summed E-state index contributed by atoms with van der Waals surface area (Å²) >= 11 is 0. The van der Waals surface area contributed by atoms with Crippen LogP contribution in [0.5, 0.6) is 0 Å². The third-order valence-electron chi connectivity index (χ3n) is 1.92. The minimum Gasteiger partial charge on any atom is -0.275 e. The van der Waals surface area contributed by atoms with Crippen molar-refractivity contribution in [2.24, 2.45) is 11.0 Å². The van der Waals surface area contributed by atoms with Crippen molar-refractivity contribution >= 4 is 18.5 Å². The van der Waals surface area contributed by atoms with E-state index >= 15 is 0 Å². The molecule has 4 N–H and O–H groups in total. The van der Waals surface area contributed by atoms with Crippen molar-refractivity contribution < 1.29 is 4.57 Å². The van der Waals surface area contributed by atoms with Crippen molar-refractivity contribution in [3.05, 3.63) is 36.5 Å². The van der Waals surface area contributed by atoms with Gasteiger partial charge in [0.2, 0.25) is 0 Å². The molecule has 2 rings (SSSR count). The Labute approximate surface area is 75.7 Å². The predicted molar refractivity (Wildman–Crippen MR) is 53.3 cm³/mol. The molecule has 1 aromatic carbocycles. The van der Waals surface area contributed by atoms with E-state index in [1.165, 1.54) is 4.34 Å². The summed E-state index contributed by atoms with van der Waals surface area (Å²) in [6.45, 7) is 0. The van der Waals surface area contributed by atoms with Crippen molar-refractivity contribution in [3.8, 4) is 0 Å². The van der Waals surface area contributed by atoms with Gasteiger partial charge in [0.1, 0.15) is 0 Å². The van der Waals surface area contributed by atoms with Crippen LogP contribution in [0.25, 0.3) is 10.9 Å². The second-order valence-corrected chi connectivity index (χ2v) is 4.67. The van der Waals surface area contributed by atoms with Gasteiger partial charge in [0.25, 0.3) is 0 Å². The number of rotatable bonds is 1. The Morgan fingerprint density at radius 3 is 2.54 bits per heavy atom. The van der Waals surface area contributed by atoms with E-state index in [4.69, 9.17) is 11.0 Å². The van der Waals surface area contributed by atoms with Crippen LogP contribution in [0.3, 0.4) is 0 Å². The van der Waals surface area contributed by atoms with Crippen molar-refractivity contribution in [2.75, 3.05) is 0 Å². The largest absolute Gasteiger partial charge is 0.304 e. The lowest BCUT2D eigenvalue weighted by Crippen LogP contribution is -2.12. The summed E-state index contributed by atoms with van der Waals surface area (Å²) < 4.78 is 12.8. The van der Waals surface area contributed by atoms with Gasteiger partial charge in [-0.05, 0) is 12.1 Å². The third-order valence-corrected chi connectivity index (χ3v) is 2.94. The lowest BCUT2D eigenvalue weighted by molar-refractivity contribution is 0.571. The zero-order chi connectivity index (χ0) is 9.47. The lowest BCUT2D eigenvalue weighted by Gasteiger charge is -2.08. The standard InChI is InChI=1S/C8H10N3OP/c9-13(10,12)11-6-5-7-3-1-2-4-8(7)11/h1-6H,(H4,9,10,12). The molecule has 0 bridgehead atoms. The molecular weight excluding hydrogens is 185 g/mol. The molecule has 0 radical (unpaired) electrons. The summed E-state index contributed by atoms with van der Waals surface area (Å²) in [5, 5.41) is 0.985. The fourth-order valence-electron chi connectivity index (χ4n) is 1.34. The predicted octanol–water partition coefficient (Wildman–Crippen LogP) is 1.51. The number of nitrogens with two attached hydrogens (primary N) is 2. The summed E-state index contributed by atoms with van der Waals surface area (Å²) in [5.74, 6) is 0. The maximum Gasteiger partial charge on any atom is 0.304 e. The molecule has 68 valence electrons. The zero-order valence-electron chi connectivity index (χ0n) is 6.92. The van der Waals surface area contributed by atoms with Crippen LogP contribution < -0.4 is 11.0 Å². The van der Waals surface area contributed by atoms with Crippen LogP contribution >= 0.6 is 7.59 Å². The zero-order valence-corrected chi connectivity index (χ0v) is 7.82. The van der Waals surface area contributed by atoms with E-state index in [2.05, 4.69) is 0 Å². The lowest BCUT2D eigenvalue weighted by atomic mass is 10.3. The molecule has 13 heavy (non-hydrogen) atoms. The van der Waals surface area contributed by atoms with E-state index in [9.17, 15) is 4.57 Å². The van der Waals surface area contributed by atoms with Crippen molar-refractivity contribution in [1.82, 2.24) is 4.34 Å². The van der Waals surface area contributed by atoms with Crippen LogP contribution in [0.15, 0.2) is 36.5 Å². The molecule has 0 unspecified atom stereocenters. The molecular formula is C8H10N3OP. The first-order valence-electron chi connectivity index (χ1n) is 3.83. The number of fused-ring (bicyclic) bond motifs is 1. The molecule has 0 aliphatic rings. The van der Waals surface area contributed by atoms with Crippen LogP contribution in [-0.4, -0.2) is 4.34 Å². The highest BCUT2D eigenvalue weighted by Gasteiger charge is 2.12. The Morgan fingerprint density at radius 2 is 1.85 bits per heavy atom. The molecule has 2 aromatic rings. The van der Waals surface area contributed by atoms with Crippen molar-refractivity contribution in [1.29, 1.82) is 0 Å². The molecule has 5 heteroatoms. The van der Waals surface area contributed by atoms with Crippen LogP contribution in [0.1, 0.15) is 0 Å². The first-order valence-corrected chi connectivity index (χ1v) is 5.63. The number of benzene rings is 1. The second-order valence-electron chi connectivity index (χ2n) is 2.89. The molecule has 0 saturated carbocycles. The molecule has 4 nitrogen and oxygen atoms in total. The Balaban J connectivity index is 2.79. The average molecular weight is 195 g/mol. The molecule has 0 atom stereocenters. The topological polar surface area (TPSA) is 74.0 Å². The Bertz CT molecular complexity index is 485. The summed E-state index contributed by atoms with van der Waals surface area (Å²) in [6.07, 6.45) is 1.64. The summed E-state index contributed by atoms with van der Waals surface area (Å²) in [6, 6.07) is 9.35. The normalized spacial score (nSPS) is 12.2. The monoisotopic (exact) mass is 195 g/mol. The Morgan fingerprint density at radius 1 is 1.15 bits per heavy atom. The molecule has 1 heterocycles. The van der Waals surface area contributed by atoms with E-state index in [-0.39, 0.29) is 0 Å². The van der Waals surface area contributed by atoms with Gasteiger partial charge in [-0.25, -0.2) is 0 Å². The smallest absolute Gasteiger partial charge is 0.275 e. The van der Waals surface area contributed by atoms with Gasteiger partial charge >= 0.3 is 7.59 Å². The average Bonchev–Trinajstić information content (AvgIpc) is 2.45. The van der Waals surface area contributed by atoms with E-state index in [0.717, 1.165) is 10.9 Å². The summed E-state index contributed by atoms with van der Waals surface area (Å²) in [7, 11) is -3.20. The number of nitrogens with zero attached hydrogens (tertiary/aromatic N) is 1. The van der Waals surface area contributed by atoms with Gasteiger partial charge in [0.15, 0.2) is 0 Å². The third kappa shape index (κ3) is 1.40. The van der Waals surface area contributed by atoms with Crippen molar-refractivity contribution in [2.45, 2.75) is 0 Å². The minimum absolute atomic E-state index is 0.802. The number of aromatic nitrogens is 1. The van der Waals surface area contributed by atoms with Crippen LogP contribution in [0.2, 0.25) is 0 Å². The first-order chi connectivity index (χ1) is 6.09. The fraction of sp³-hybridized carbons (Fsp3) is 0. The van der Waals surface area contributed by atoms with Crippen LogP contribution in [0, 0.1) is 0 Å². The molecule has 0 aliphatic heterocycles. The molecule has 1 aromatic heterocycles. The molecule has 0 spiro atoms. The van der Waals surface area contributed by atoms with Gasteiger partial charge in [0, 0.05) is 11.6 Å². The van der Waals surface area contributed by atoms with Gasteiger partial charge in [0.05, 0.1) is 5.52 Å². The molecule has 0 aliphatic carbocycles. The van der Waals surface area contributed by atoms with E-state index in [0.29, 0.717) is 0 Å². The fourth-order valence-corrected chi connectivity index (χ4v) is 2.13. The number of hydrogen-bond acceptors (Lipinski definition) is 1. The highest BCUT2D eigenvalue weighted by molar-refractivity contribution is 7.57. The van der Waals surface area contributed by atoms with Gasteiger partial charge in [-0.2, -0.15) is 0 Å². The first kappa shape index (κ1) is 8.51. The minimum atomic E-state index is -3.20. The second kappa shape index (κ2) is 2.70. The quantitative estimate of drug-likeness (QED) is 0.677. The Kier molecular flexibility index (Phi) is 1.77. The highest BCUT2D eigenvalue weighted by Crippen LogP contribution is 2.33. The molecule has 0 saturated heterocycles. The van der Waals surface area contributed by atoms with Gasteiger partial charge in [-0.1, -0.05) is 18.2 Å². The maximum absolute atomic E-state index is 11.4. The van der Waals surface area contributed by atoms with Gasteiger partial charge in [-0.15, -0.1) is 0 Å². The Hall–Kier alpha value is -1.09. The summed E-state index contributed by atoms with van der Waals surface area (Å²) in [5.41, 5.74) is 11.5. The molecule has 0 fully saturated rings. The highest BCUT2D eigenvalue weighted by atomic mass is 31.2. The van der Waals surface area contributed by atoms with Crippen LogP contribution in [0.4, 0.5) is 0 Å². The van der Waals surface area contributed by atoms with E-state index in [1.807, 2.05) is 30.3 Å². The maximum atomic E-state index is 11.4. The van der Waals surface area contributed by atoms with Crippen molar-refractivity contribution in [3.63, 3.8) is 0 Å². The molecule has 0 amide bonds. The van der Waals surface area contributed by atoms with E-state index in [1.54, 1.807) is 6.20 Å². The van der Waals surface area contributed by atoms with Crippen LogP contribution in [-0.2, 0) is 4.57 Å². The van der Waals surface area contributed by atoms with E-state index < -0.39 is 7.59 Å². The SMILES string of the molecule is NP(N)(=O)n1ccc2ccccc21. The van der Waals surface area contributed by atoms with Gasteiger partial charge < -0.3 is 0 Å². The number of hydrogen-bond donors (Lipinski definition) is 2. The van der Waals surface area contributed by atoms with Gasteiger partial charge in [-0.3, -0.25) is 19.9 Å². The number of para-hydroxylation sites is 1.